The van der Waals surface area contributed by atoms with Crippen LogP contribution in [0.5, 0.6) is 0 Å². The van der Waals surface area contributed by atoms with Crippen LogP contribution in [-0.4, -0.2) is 29.5 Å². The Hall–Kier alpha value is -0.750. The second-order valence-corrected chi connectivity index (χ2v) is 3.29. The van der Waals surface area contributed by atoms with Gasteiger partial charge in [0.1, 0.15) is 0 Å². The lowest BCUT2D eigenvalue weighted by Gasteiger charge is -2.06. The Balaban J connectivity index is 3.31. The average Bonchev–Trinajstić information content (AvgIpc) is 1.97. The fourth-order valence-corrected chi connectivity index (χ4v) is 1.26. The molecule has 0 aliphatic rings. The molecule has 70 valence electrons. The standard InChI is InChI=1S/C6H13N3O2S/c1-4(10)9-3-12-2-5(7)6(8)11/h5H,2-3,7H2,1H3,(H2,8,11)(H,9,10)/t5-/m0/s1. The molecular formula is C6H13N3O2S. The van der Waals surface area contributed by atoms with Gasteiger partial charge in [-0.05, 0) is 0 Å². The lowest BCUT2D eigenvalue weighted by molar-refractivity contribution is -0.119. The second-order valence-electron chi connectivity index (χ2n) is 2.26. The molecule has 0 spiro atoms. The fourth-order valence-electron chi connectivity index (χ4n) is 0.421. The zero-order chi connectivity index (χ0) is 9.56. The number of nitrogens with two attached hydrogens (primary N) is 2. The highest BCUT2D eigenvalue weighted by atomic mass is 32.2. The number of thioether (sulfide) groups is 1. The zero-order valence-electron chi connectivity index (χ0n) is 6.87. The SMILES string of the molecule is CC(=O)NCSC[C@H](N)C(N)=O. The lowest BCUT2D eigenvalue weighted by Crippen LogP contribution is -2.38. The first kappa shape index (κ1) is 11.2. The number of carbonyl (C=O) groups excluding carboxylic acids is 2. The van der Waals surface area contributed by atoms with E-state index in [0.717, 1.165) is 0 Å². The Labute approximate surface area is 75.2 Å². The normalized spacial score (nSPS) is 12.2. The lowest BCUT2D eigenvalue weighted by atomic mass is 10.3. The molecule has 6 heteroatoms. The molecule has 0 aromatic heterocycles. The van der Waals surface area contributed by atoms with E-state index in [1.54, 1.807) is 0 Å². The van der Waals surface area contributed by atoms with Crippen LogP contribution < -0.4 is 16.8 Å². The topological polar surface area (TPSA) is 98.2 Å². The van der Waals surface area contributed by atoms with Crippen LogP contribution in [0.25, 0.3) is 0 Å². The van der Waals surface area contributed by atoms with Gasteiger partial charge in [-0.1, -0.05) is 0 Å². The van der Waals surface area contributed by atoms with Crippen molar-refractivity contribution in [2.24, 2.45) is 11.5 Å². The Morgan fingerprint density at radius 2 is 2.17 bits per heavy atom. The predicted molar refractivity (Wildman–Crippen MR) is 48.3 cm³/mol. The van der Waals surface area contributed by atoms with Gasteiger partial charge in [-0.3, -0.25) is 9.59 Å². The van der Waals surface area contributed by atoms with Crippen LogP contribution in [-0.2, 0) is 9.59 Å². The molecule has 0 heterocycles. The highest BCUT2D eigenvalue weighted by molar-refractivity contribution is 7.99. The first-order valence-electron chi connectivity index (χ1n) is 3.41. The first-order valence-corrected chi connectivity index (χ1v) is 4.56. The third-order valence-electron chi connectivity index (χ3n) is 1.09. The smallest absolute Gasteiger partial charge is 0.235 e. The van der Waals surface area contributed by atoms with Crippen LogP contribution in [0.2, 0.25) is 0 Å². The summed E-state index contributed by atoms with van der Waals surface area (Å²) in [6, 6.07) is -0.635. The van der Waals surface area contributed by atoms with Crippen molar-refractivity contribution in [2.75, 3.05) is 11.6 Å². The Morgan fingerprint density at radius 1 is 1.58 bits per heavy atom. The molecule has 0 fully saturated rings. The number of amides is 2. The van der Waals surface area contributed by atoms with Gasteiger partial charge in [0.15, 0.2) is 0 Å². The molecule has 12 heavy (non-hydrogen) atoms. The van der Waals surface area contributed by atoms with Crippen LogP contribution in [0.4, 0.5) is 0 Å². The van der Waals surface area contributed by atoms with Gasteiger partial charge in [-0.2, -0.15) is 0 Å². The summed E-state index contributed by atoms with van der Waals surface area (Å²) in [5.74, 6) is 0.256. The van der Waals surface area contributed by atoms with Crippen LogP contribution in [0, 0.1) is 0 Å². The summed E-state index contributed by atoms with van der Waals surface area (Å²) in [6.45, 7) is 1.43. The van der Waals surface area contributed by atoms with E-state index in [-0.39, 0.29) is 5.91 Å². The monoisotopic (exact) mass is 191 g/mol. The van der Waals surface area contributed by atoms with Crippen LogP contribution in [0.15, 0.2) is 0 Å². The molecule has 0 saturated heterocycles. The second kappa shape index (κ2) is 5.84. The van der Waals surface area contributed by atoms with Gasteiger partial charge in [-0.15, -0.1) is 11.8 Å². The van der Waals surface area contributed by atoms with Gasteiger partial charge in [0.05, 0.1) is 11.9 Å². The Kier molecular flexibility index (Phi) is 5.48. The summed E-state index contributed by atoms with van der Waals surface area (Å²) < 4.78 is 0. The summed E-state index contributed by atoms with van der Waals surface area (Å²) in [4.78, 5) is 20.8. The van der Waals surface area contributed by atoms with E-state index in [0.29, 0.717) is 11.6 Å². The third-order valence-corrected chi connectivity index (χ3v) is 2.03. The van der Waals surface area contributed by atoms with E-state index in [9.17, 15) is 9.59 Å². The molecule has 1 atom stereocenters. The molecule has 5 N–H and O–H groups in total. The summed E-state index contributed by atoms with van der Waals surface area (Å²) in [5, 5.41) is 2.56. The van der Waals surface area contributed by atoms with E-state index < -0.39 is 11.9 Å². The van der Waals surface area contributed by atoms with E-state index in [4.69, 9.17) is 11.5 Å². The molecule has 0 saturated carbocycles. The summed E-state index contributed by atoms with van der Waals surface area (Å²) >= 11 is 1.36. The number of hydrogen-bond donors (Lipinski definition) is 3. The number of hydrogen-bond acceptors (Lipinski definition) is 4. The average molecular weight is 191 g/mol. The van der Waals surface area contributed by atoms with Crippen molar-refractivity contribution >= 4 is 23.6 Å². The molecule has 0 aliphatic heterocycles. The Morgan fingerprint density at radius 3 is 2.58 bits per heavy atom. The minimum absolute atomic E-state index is 0.102. The van der Waals surface area contributed by atoms with Crippen molar-refractivity contribution < 1.29 is 9.59 Å². The van der Waals surface area contributed by atoms with Crippen LogP contribution >= 0.6 is 11.8 Å². The molecule has 0 aromatic rings. The van der Waals surface area contributed by atoms with Crippen LogP contribution in [0.1, 0.15) is 6.92 Å². The fraction of sp³-hybridized carbons (Fsp3) is 0.667. The molecule has 0 radical (unpaired) electrons. The molecule has 0 unspecified atom stereocenters. The number of carbonyl (C=O) groups is 2. The highest BCUT2D eigenvalue weighted by Crippen LogP contribution is 1.98. The zero-order valence-corrected chi connectivity index (χ0v) is 7.69. The van der Waals surface area contributed by atoms with E-state index in [1.807, 2.05) is 0 Å². The minimum Gasteiger partial charge on any atom is -0.368 e. The van der Waals surface area contributed by atoms with Crippen molar-refractivity contribution in [1.29, 1.82) is 0 Å². The van der Waals surface area contributed by atoms with Gasteiger partial charge in [0.2, 0.25) is 11.8 Å². The summed E-state index contributed by atoms with van der Waals surface area (Å²) in [7, 11) is 0. The molecule has 0 bridgehead atoms. The van der Waals surface area contributed by atoms with Crippen molar-refractivity contribution in [3.05, 3.63) is 0 Å². The number of rotatable bonds is 5. The van der Waals surface area contributed by atoms with Gasteiger partial charge >= 0.3 is 0 Å². The van der Waals surface area contributed by atoms with Gasteiger partial charge < -0.3 is 16.8 Å². The predicted octanol–water partition coefficient (Wildman–Crippen LogP) is -1.37. The molecule has 2 amide bonds. The number of primary amides is 1. The summed E-state index contributed by atoms with van der Waals surface area (Å²) in [6.07, 6.45) is 0. The van der Waals surface area contributed by atoms with Crippen molar-refractivity contribution in [3.63, 3.8) is 0 Å². The molecular weight excluding hydrogens is 178 g/mol. The van der Waals surface area contributed by atoms with Crippen molar-refractivity contribution in [1.82, 2.24) is 5.32 Å². The maximum atomic E-state index is 10.4. The molecule has 0 aromatic carbocycles. The molecule has 0 aliphatic carbocycles. The van der Waals surface area contributed by atoms with E-state index >= 15 is 0 Å². The van der Waals surface area contributed by atoms with Crippen molar-refractivity contribution in [2.45, 2.75) is 13.0 Å². The largest absolute Gasteiger partial charge is 0.368 e. The van der Waals surface area contributed by atoms with Crippen molar-refractivity contribution in [3.8, 4) is 0 Å². The van der Waals surface area contributed by atoms with Gasteiger partial charge in [0.25, 0.3) is 0 Å². The maximum absolute atomic E-state index is 10.4. The summed E-state index contributed by atoms with van der Waals surface area (Å²) in [5.41, 5.74) is 10.2. The highest BCUT2D eigenvalue weighted by Gasteiger charge is 2.07. The quantitative estimate of drug-likeness (QED) is 0.368. The minimum atomic E-state index is -0.635. The molecule has 0 rings (SSSR count). The first-order chi connectivity index (χ1) is 5.54. The number of nitrogens with one attached hydrogen (secondary N) is 1. The van der Waals surface area contributed by atoms with Gasteiger partial charge in [0, 0.05) is 12.7 Å². The molecule has 5 nitrogen and oxygen atoms in total. The maximum Gasteiger partial charge on any atom is 0.235 e. The van der Waals surface area contributed by atoms with E-state index in [2.05, 4.69) is 5.32 Å². The van der Waals surface area contributed by atoms with E-state index in [1.165, 1.54) is 18.7 Å². The third kappa shape index (κ3) is 5.99. The van der Waals surface area contributed by atoms with Gasteiger partial charge in [-0.25, -0.2) is 0 Å². The Bertz CT molecular complexity index is 174. The van der Waals surface area contributed by atoms with Crippen LogP contribution in [0.3, 0.4) is 0 Å².